The van der Waals surface area contributed by atoms with Crippen LogP contribution in [0.5, 0.6) is 23.0 Å². The summed E-state index contributed by atoms with van der Waals surface area (Å²) in [7, 11) is 1.25. The molecule has 0 saturated heterocycles. The predicted molar refractivity (Wildman–Crippen MR) is 186 cm³/mol. The number of aryl methyl sites for hydroxylation is 1. The fourth-order valence-electron chi connectivity index (χ4n) is 5.02. The van der Waals surface area contributed by atoms with Crippen molar-refractivity contribution in [3.63, 3.8) is 0 Å². The van der Waals surface area contributed by atoms with E-state index in [-0.39, 0.29) is 50.3 Å². The van der Waals surface area contributed by atoms with Crippen LogP contribution in [0, 0.1) is 0 Å². The van der Waals surface area contributed by atoms with Crippen molar-refractivity contribution in [1.82, 2.24) is 9.71 Å². The lowest BCUT2D eigenvalue weighted by Gasteiger charge is -2.26. The van der Waals surface area contributed by atoms with Crippen LogP contribution in [0.4, 0.5) is 0 Å². The Morgan fingerprint density at radius 1 is 1.04 bits per heavy atom. The van der Waals surface area contributed by atoms with Crippen molar-refractivity contribution in [3.8, 4) is 23.0 Å². The third kappa shape index (κ3) is 9.57. The van der Waals surface area contributed by atoms with E-state index in [4.69, 9.17) is 43.0 Å². The van der Waals surface area contributed by atoms with E-state index < -0.39 is 20.0 Å². The fraction of sp³-hybridized carbons (Fsp3) is 0.472. The summed E-state index contributed by atoms with van der Waals surface area (Å²) in [5.41, 5.74) is 2.47. The van der Waals surface area contributed by atoms with Gasteiger partial charge in [0, 0.05) is 35.8 Å². The molecule has 0 N–H and O–H groups in total. The molecule has 0 amide bonds. The summed E-state index contributed by atoms with van der Waals surface area (Å²) < 4.78 is 41.0. The molecule has 1 aliphatic heterocycles. The number of imidazole rings is 1. The lowest BCUT2D eigenvalue weighted by atomic mass is 9.92. The molecule has 0 spiro atoms. The number of esters is 2. The molecular formula is C36H48N2O10Si. The molecule has 0 bridgehead atoms. The molecule has 0 radical (unpaired) electrons. The summed E-state index contributed by atoms with van der Waals surface area (Å²) >= 11 is 0. The highest BCUT2D eigenvalue weighted by Gasteiger charge is 2.29. The highest BCUT2D eigenvalue weighted by atomic mass is 28.3. The van der Waals surface area contributed by atoms with E-state index >= 15 is 0 Å². The molecule has 13 heteroatoms. The van der Waals surface area contributed by atoms with Gasteiger partial charge in [0.25, 0.3) is 0 Å². The number of nitrogens with zero attached hydrogens (tertiary/aromatic N) is 2. The smallest absolute Gasteiger partial charge is 0.344 e. The van der Waals surface area contributed by atoms with E-state index in [1.807, 2.05) is 12.1 Å². The molecule has 1 unspecified atom stereocenters. The van der Waals surface area contributed by atoms with E-state index in [1.165, 1.54) is 14.2 Å². The number of benzene rings is 2. The van der Waals surface area contributed by atoms with Crippen LogP contribution in [0.1, 0.15) is 56.3 Å². The molecule has 1 aromatic heterocycles. The Balaban J connectivity index is 1.95. The van der Waals surface area contributed by atoms with Crippen molar-refractivity contribution in [3.05, 3.63) is 70.8 Å². The monoisotopic (exact) mass is 696 g/mol. The minimum absolute atomic E-state index is 0.0229. The largest absolute Gasteiger partial charge is 0.497 e. The average Bonchev–Trinajstić information content (AvgIpc) is 3.72. The first-order valence-corrected chi connectivity index (χ1v) is 20.1. The van der Waals surface area contributed by atoms with Crippen LogP contribution in [0.25, 0.3) is 5.57 Å². The van der Waals surface area contributed by atoms with Crippen molar-refractivity contribution in [2.24, 2.45) is 0 Å². The lowest BCUT2D eigenvalue weighted by molar-refractivity contribution is -0.145. The SMILES string of the molecule is CCCCc1ncc(/C(=C(\Cc2ccc3c(c2)OCO3)C(=O)OC)c2ccc(OC)cc2OCC(=O)OCC)n1OCOC(C)[Si](C)(C)C. The van der Waals surface area contributed by atoms with Crippen molar-refractivity contribution in [1.29, 1.82) is 0 Å². The molecule has 3 aromatic rings. The van der Waals surface area contributed by atoms with Crippen LogP contribution in [0.2, 0.25) is 19.6 Å². The van der Waals surface area contributed by atoms with Gasteiger partial charge in [-0.3, -0.25) is 0 Å². The average molecular weight is 697 g/mol. The number of aromatic nitrogens is 2. The summed E-state index contributed by atoms with van der Waals surface area (Å²) in [5.74, 6) is 1.51. The van der Waals surface area contributed by atoms with Gasteiger partial charge in [0.1, 0.15) is 23.0 Å². The number of hydrogen-bond acceptors (Lipinski definition) is 11. The molecule has 49 heavy (non-hydrogen) atoms. The lowest BCUT2D eigenvalue weighted by Crippen LogP contribution is -2.39. The maximum absolute atomic E-state index is 13.9. The molecule has 4 rings (SSSR count). The summed E-state index contributed by atoms with van der Waals surface area (Å²) in [6, 6.07) is 10.7. The standard InChI is InChI=1S/C36H48N2O10Si/c1-9-11-12-33-37-20-29(38(33)48-23-45-24(3)49(6,7)8)35(27-15-14-26(41-4)19-31(27)44-21-34(39)43-10-2)28(36(40)42-5)17-25-13-16-30-32(18-25)47-22-46-30/h13-16,18-20,24H,9-12,17,21-23H2,1-8H3/b35-28+. The first-order valence-electron chi connectivity index (χ1n) is 16.5. The maximum Gasteiger partial charge on any atom is 0.344 e. The van der Waals surface area contributed by atoms with E-state index in [0.717, 1.165) is 18.4 Å². The fourth-order valence-corrected chi connectivity index (χ4v) is 5.58. The van der Waals surface area contributed by atoms with Crippen molar-refractivity contribution in [2.45, 2.75) is 71.8 Å². The minimum atomic E-state index is -1.62. The first-order chi connectivity index (χ1) is 23.5. The Morgan fingerprint density at radius 2 is 1.82 bits per heavy atom. The van der Waals surface area contributed by atoms with Crippen LogP contribution in [-0.4, -0.2) is 76.5 Å². The number of hydrogen-bond donors (Lipinski definition) is 0. The van der Waals surface area contributed by atoms with Crippen LogP contribution in [0.3, 0.4) is 0 Å². The second-order valence-corrected chi connectivity index (χ2v) is 18.1. The zero-order valence-electron chi connectivity index (χ0n) is 29.8. The van der Waals surface area contributed by atoms with E-state index in [1.54, 1.807) is 42.1 Å². The van der Waals surface area contributed by atoms with Gasteiger partial charge in [0.15, 0.2) is 18.1 Å². The predicted octanol–water partition coefficient (Wildman–Crippen LogP) is 5.79. The number of carbonyl (C=O) groups excluding carboxylic acids is 2. The summed E-state index contributed by atoms with van der Waals surface area (Å²) in [4.78, 5) is 37.4. The second kappa shape index (κ2) is 17.2. The number of rotatable bonds is 18. The van der Waals surface area contributed by atoms with Gasteiger partial charge >= 0.3 is 11.9 Å². The molecule has 1 atom stereocenters. The van der Waals surface area contributed by atoms with Gasteiger partial charge in [-0.1, -0.05) is 39.1 Å². The van der Waals surface area contributed by atoms with Crippen LogP contribution in [0.15, 0.2) is 48.2 Å². The molecule has 1 aliphatic rings. The summed E-state index contributed by atoms with van der Waals surface area (Å²) in [5, 5.41) is 0. The highest BCUT2D eigenvalue weighted by molar-refractivity contribution is 6.77. The van der Waals surface area contributed by atoms with Gasteiger partial charge in [-0.2, -0.15) is 4.73 Å². The van der Waals surface area contributed by atoms with E-state index in [0.29, 0.717) is 46.3 Å². The van der Waals surface area contributed by atoms with Crippen LogP contribution in [-0.2, 0) is 36.6 Å². The zero-order chi connectivity index (χ0) is 35.6. The number of fused-ring (bicyclic) bond motifs is 1. The highest BCUT2D eigenvalue weighted by Crippen LogP contribution is 2.39. The summed E-state index contributed by atoms with van der Waals surface area (Å²) in [6.45, 7) is 12.5. The van der Waals surface area contributed by atoms with Gasteiger partial charge in [-0.25, -0.2) is 14.6 Å². The Hall–Kier alpha value is -4.49. The topological polar surface area (TPSA) is 126 Å². The Labute approximate surface area is 289 Å². The molecule has 0 aliphatic carbocycles. The van der Waals surface area contributed by atoms with Crippen LogP contribution < -0.4 is 23.8 Å². The maximum atomic E-state index is 13.9. The number of carbonyl (C=O) groups is 2. The normalized spacial score (nSPS) is 13.4. The summed E-state index contributed by atoms with van der Waals surface area (Å²) in [6.07, 6.45) is 4.24. The Kier molecular flexibility index (Phi) is 13.1. The number of unbranched alkanes of at least 4 members (excludes halogenated alkanes) is 1. The van der Waals surface area contributed by atoms with Gasteiger partial charge in [0.05, 0.1) is 40.7 Å². The van der Waals surface area contributed by atoms with E-state index in [9.17, 15) is 9.59 Å². The zero-order valence-corrected chi connectivity index (χ0v) is 30.8. The molecule has 0 fully saturated rings. The molecule has 2 aromatic carbocycles. The van der Waals surface area contributed by atoms with Gasteiger partial charge < -0.3 is 38.0 Å². The molecule has 2 heterocycles. The number of methoxy groups -OCH3 is 2. The molecular weight excluding hydrogens is 648 g/mol. The quantitative estimate of drug-likeness (QED) is 0.0694. The molecule has 266 valence electrons. The van der Waals surface area contributed by atoms with E-state index in [2.05, 4.69) is 33.5 Å². The third-order valence-corrected chi connectivity index (χ3v) is 10.8. The van der Waals surface area contributed by atoms with Gasteiger partial charge in [-0.05, 0) is 50.1 Å². The van der Waals surface area contributed by atoms with Crippen molar-refractivity contribution >= 4 is 25.6 Å². The van der Waals surface area contributed by atoms with Crippen LogP contribution >= 0.6 is 0 Å². The Bertz CT molecular complexity index is 1630. The Morgan fingerprint density at radius 3 is 2.51 bits per heavy atom. The van der Waals surface area contributed by atoms with Gasteiger partial charge in [0.2, 0.25) is 13.6 Å². The molecule has 0 saturated carbocycles. The number of ether oxygens (including phenoxy) is 7. The first kappa shape index (κ1) is 37.3. The molecule has 12 nitrogen and oxygen atoms in total. The van der Waals surface area contributed by atoms with Crippen molar-refractivity contribution < 1.29 is 47.6 Å². The van der Waals surface area contributed by atoms with Crippen molar-refractivity contribution in [2.75, 3.05) is 41.0 Å². The minimum Gasteiger partial charge on any atom is -0.497 e. The second-order valence-electron chi connectivity index (χ2n) is 12.5. The third-order valence-electron chi connectivity index (χ3n) is 8.18. The van der Waals surface area contributed by atoms with Gasteiger partial charge in [-0.15, -0.1) is 0 Å².